The average Bonchev–Trinajstić information content (AvgIpc) is 2.74. The molecule has 0 aliphatic carbocycles. The summed E-state index contributed by atoms with van der Waals surface area (Å²) in [6, 6.07) is 9.95. The smallest absolute Gasteiger partial charge is 0.270 e. The van der Waals surface area contributed by atoms with Gasteiger partial charge in [-0.3, -0.25) is 4.79 Å². The largest absolute Gasteiger partial charge is 0.397 e. The van der Waals surface area contributed by atoms with E-state index in [2.05, 4.69) is 19.1 Å². The number of carbonyl (C=O) groups excluding carboxylic acids is 1. The van der Waals surface area contributed by atoms with Crippen molar-refractivity contribution < 1.29 is 4.79 Å². The summed E-state index contributed by atoms with van der Waals surface area (Å²) in [6.45, 7) is 5.32. The van der Waals surface area contributed by atoms with Crippen molar-refractivity contribution in [3.05, 3.63) is 53.3 Å². The van der Waals surface area contributed by atoms with Gasteiger partial charge in [0, 0.05) is 26.3 Å². The van der Waals surface area contributed by atoms with Crippen LogP contribution in [-0.4, -0.2) is 21.9 Å². The molecule has 0 atom stereocenters. The fourth-order valence-electron chi connectivity index (χ4n) is 2.32. The van der Waals surface area contributed by atoms with Gasteiger partial charge in [0.05, 0.1) is 5.69 Å². The molecule has 1 aromatic carbocycles. The third-order valence-electron chi connectivity index (χ3n) is 3.37. The summed E-state index contributed by atoms with van der Waals surface area (Å²) in [5.41, 5.74) is 9.32. The number of hydrogen-bond acceptors (Lipinski definition) is 2. The Hall–Kier alpha value is -2.23. The second kappa shape index (κ2) is 5.82. The molecule has 0 aliphatic rings. The molecule has 4 heteroatoms. The minimum absolute atomic E-state index is 0.00760. The van der Waals surface area contributed by atoms with Crippen LogP contribution in [0.4, 0.5) is 5.69 Å². The molecule has 1 heterocycles. The van der Waals surface area contributed by atoms with E-state index in [1.54, 1.807) is 16.8 Å². The molecule has 1 aromatic heterocycles. The number of aryl methyl sites for hydroxylation is 2. The van der Waals surface area contributed by atoms with Crippen molar-refractivity contribution in [2.45, 2.75) is 20.4 Å². The summed E-state index contributed by atoms with van der Waals surface area (Å²) in [5.74, 6) is 0.00760. The summed E-state index contributed by atoms with van der Waals surface area (Å²) < 4.78 is 1.77. The molecule has 2 rings (SSSR count). The molecule has 0 aliphatic heterocycles. The van der Waals surface area contributed by atoms with E-state index in [4.69, 9.17) is 5.73 Å². The van der Waals surface area contributed by atoms with Crippen LogP contribution in [0.15, 0.2) is 36.5 Å². The zero-order valence-corrected chi connectivity index (χ0v) is 12.3. The predicted octanol–water partition coefficient (Wildman–Crippen LogP) is 2.58. The number of hydrogen-bond donors (Lipinski definition) is 1. The van der Waals surface area contributed by atoms with Gasteiger partial charge in [-0.1, -0.05) is 29.8 Å². The van der Waals surface area contributed by atoms with Crippen LogP contribution in [-0.2, 0) is 13.6 Å². The molecule has 0 fully saturated rings. The van der Waals surface area contributed by atoms with Crippen molar-refractivity contribution in [3.63, 3.8) is 0 Å². The molecule has 106 valence electrons. The SMILES string of the molecule is CCN(Cc1cccc(C)c1)C(=O)c1cc(N)cn1C. The highest BCUT2D eigenvalue weighted by atomic mass is 16.2. The van der Waals surface area contributed by atoms with Crippen LogP contribution in [0.25, 0.3) is 0 Å². The van der Waals surface area contributed by atoms with Crippen LogP contribution in [0.1, 0.15) is 28.5 Å². The van der Waals surface area contributed by atoms with Crippen molar-refractivity contribution in [2.75, 3.05) is 12.3 Å². The number of benzene rings is 1. The summed E-state index contributed by atoms with van der Waals surface area (Å²) in [4.78, 5) is 14.4. The highest BCUT2D eigenvalue weighted by molar-refractivity contribution is 5.93. The van der Waals surface area contributed by atoms with E-state index < -0.39 is 0 Å². The quantitative estimate of drug-likeness (QED) is 0.929. The molecule has 0 saturated carbocycles. The molecule has 2 N–H and O–H groups in total. The number of carbonyl (C=O) groups is 1. The fourth-order valence-corrected chi connectivity index (χ4v) is 2.32. The van der Waals surface area contributed by atoms with Crippen LogP contribution < -0.4 is 5.73 Å². The van der Waals surface area contributed by atoms with Gasteiger partial charge in [-0.05, 0) is 25.5 Å². The predicted molar refractivity (Wildman–Crippen MR) is 81.4 cm³/mol. The van der Waals surface area contributed by atoms with Crippen LogP contribution in [0.5, 0.6) is 0 Å². The second-order valence-corrected chi connectivity index (χ2v) is 5.08. The van der Waals surface area contributed by atoms with E-state index in [0.717, 1.165) is 5.56 Å². The zero-order valence-electron chi connectivity index (χ0n) is 12.3. The van der Waals surface area contributed by atoms with Gasteiger partial charge in [-0.25, -0.2) is 0 Å². The van der Waals surface area contributed by atoms with E-state index >= 15 is 0 Å². The maximum absolute atomic E-state index is 12.5. The Morgan fingerprint density at radius 3 is 2.65 bits per heavy atom. The molecule has 1 amide bonds. The van der Waals surface area contributed by atoms with Crippen molar-refractivity contribution in [3.8, 4) is 0 Å². The highest BCUT2D eigenvalue weighted by Gasteiger charge is 2.17. The number of nitrogen functional groups attached to an aromatic ring is 1. The topological polar surface area (TPSA) is 51.3 Å². The lowest BCUT2D eigenvalue weighted by Gasteiger charge is -2.21. The maximum atomic E-state index is 12.5. The number of anilines is 1. The minimum Gasteiger partial charge on any atom is -0.397 e. The Morgan fingerprint density at radius 2 is 2.10 bits per heavy atom. The third kappa shape index (κ3) is 3.02. The Kier molecular flexibility index (Phi) is 4.13. The molecule has 0 spiro atoms. The normalized spacial score (nSPS) is 10.6. The first-order valence-electron chi connectivity index (χ1n) is 6.78. The summed E-state index contributed by atoms with van der Waals surface area (Å²) >= 11 is 0. The first kappa shape index (κ1) is 14.2. The van der Waals surface area contributed by atoms with Gasteiger partial charge in [0.15, 0.2) is 0 Å². The van der Waals surface area contributed by atoms with Gasteiger partial charge in [0.25, 0.3) is 5.91 Å². The lowest BCUT2D eigenvalue weighted by molar-refractivity contribution is 0.0743. The molecular formula is C16H21N3O. The zero-order chi connectivity index (χ0) is 14.7. The van der Waals surface area contributed by atoms with Gasteiger partial charge >= 0.3 is 0 Å². The Morgan fingerprint density at radius 1 is 1.35 bits per heavy atom. The number of nitrogens with zero attached hydrogens (tertiary/aromatic N) is 2. The van der Waals surface area contributed by atoms with Crippen molar-refractivity contribution in [1.82, 2.24) is 9.47 Å². The first-order valence-corrected chi connectivity index (χ1v) is 6.78. The Balaban J connectivity index is 2.20. The van der Waals surface area contributed by atoms with E-state index in [1.807, 2.05) is 31.0 Å². The highest BCUT2D eigenvalue weighted by Crippen LogP contribution is 2.14. The van der Waals surface area contributed by atoms with Gasteiger partial charge in [-0.15, -0.1) is 0 Å². The van der Waals surface area contributed by atoms with Crippen LogP contribution in [0.2, 0.25) is 0 Å². The van der Waals surface area contributed by atoms with Crippen LogP contribution in [0, 0.1) is 6.92 Å². The van der Waals surface area contributed by atoms with Crippen LogP contribution >= 0.6 is 0 Å². The number of aromatic nitrogens is 1. The molecular weight excluding hydrogens is 250 g/mol. The average molecular weight is 271 g/mol. The number of amides is 1. The van der Waals surface area contributed by atoms with Gasteiger partial charge in [-0.2, -0.15) is 0 Å². The molecule has 0 saturated heterocycles. The van der Waals surface area contributed by atoms with Crippen molar-refractivity contribution in [1.29, 1.82) is 0 Å². The van der Waals surface area contributed by atoms with Gasteiger partial charge in [0.2, 0.25) is 0 Å². The summed E-state index contributed by atoms with van der Waals surface area (Å²) in [7, 11) is 1.84. The molecule has 4 nitrogen and oxygen atoms in total. The molecule has 0 bridgehead atoms. The van der Waals surface area contributed by atoms with E-state index in [0.29, 0.717) is 24.5 Å². The molecule has 0 radical (unpaired) electrons. The van der Waals surface area contributed by atoms with Gasteiger partial charge < -0.3 is 15.2 Å². The standard InChI is InChI=1S/C16H21N3O/c1-4-19(10-13-7-5-6-12(2)8-13)16(20)15-9-14(17)11-18(15)3/h5-9,11H,4,10,17H2,1-3H3. The molecule has 2 aromatic rings. The lowest BCUT2D eigenvalue weighted by Crippen LogP contribution is -2.31. The minimum atomic E-state index is 0.00760. The van der Waals surface area contributed by atoms with E-state index in [1.165, 1.54) is 5.56 Å². The first-order chi connectivity index (χ1) is 9.51. The monoisotopic (exact) mass is 271 g/mol. The number of rotatable bonds is 4. The Bertz CT molecular complexity index is 616. The van der Waals surface area contributed by atoms with E-state index in [-0.39, 0.29) is 5.91 Å². The number of nitrogens with two attached hydrogens (primary N) is 1. The fraction of sp³-hybridized carbons (Fsp3) is 0.312. The summed E-state index contributed by atoms with van der Waals surface area (Å²) in [6.07, 6.45) is 1.76. The maximum Gasteiger partial charge on any atom is 0.270 e. The van der Waals surface area contributed by atoms with Crippen LogP contribution in [0.3, 0.4) is 0 Å². The Labute approximate surface area is 119 Å². The van der Waals surface area contributed by atoms with Crippen molar-refractivity contribution >= 4 is 11.6 Å². The molecule has 0 unspecified atom stereocenters. The van der Waals surface area contributed by atoms with Crippen molar-refractivity contribution in [2.24, 2.45) is 7.05 Å². The van der Waals surface area contributed by atoms with Gasteiger partial charge in [0.1, 0.15) is 5.69 Å². The third-order valence-corrected chi connectivity index (χ3v) is 3.37. The lowest BCUT2D eigenvalue weighted by atomic mass is 10.1. The van der Waals surface area contributed by atoms with E-state index in [9.17, 15) is 4.79 Å². The second-order valence-electron chi connectivity index (χ2n) is 5.08. The summed E-state index contributed by atoms with van der Waals surface area (Å²) in [5, 5.41) is 0. The molecule has 20 heavy (non-hydrogen) atoms.